The van der Waals surface area contributed by atoms with Crippen LogP contribution in [0.1, 0.15) is 17.4 Å². The first-order valence-corrected chi connectivity index (χ1v) is 7.64. The molecule has 1 unspecified atom stereocenters. The van der Waals surface area contributed by atoms with Crippen LogP contribution in [-0.2, 0) is 0 Å². The Hall–Kier alpha value is -1.05. The van der Waals surface area contributed by atoms with Crippen molar-refractivity contribution in [2.45, 2.75) is 13.0 Å². The van der Waals surface area contributed by atoms with E-state index in [1.807, 2.05) is 17.9 Å². The number of carbonyl (C=O) groups is 1. The molecule has 1 aromatic heterocycles. The average molecular weight is 357 g/mol. The van der Waals surface area contributed by atoms with Gasteiger partial charge in [0.15, 0.2) is 0 Å². The molecular formula is C13H17BrN4OS. The van der Waals surface area contributed by atoms with E-state index in [0.29, 0.717) is 23.8 Å². The maximum Gasteiger partial charge on any atom is 0.273 e. The van der Waals surface area contributed by atoms with Gasteiger partial charge in [-0.05, 0) is 35.0 Å². The molecule has 0 saturated carbocycles. The topological polar surface area (TPSA) is 62.5 Å². The van der Waals surface area contributed by atoms with Gasteiger partial charge in [0.2, 0.25) is 0 Å². The molecule has 1 fully saturated rings. The molecule has 2 rings (SSSR count). The summed E-state index contributed by atoms with van der Waals surface area (Å²) in [4.78, 5) is 21.0. The fourth-order valence-electron chi connectivity index (χ4n) is 2.19. The molecule has 2 N–H and O–H groups in total. The number of pyridine rings is 1. The van der Waals surface area contributed by atoms with Crippen LogP contribution in [0, 0.1) is 0 Å². The number of nitrogens with two attached hydrogens (primary N) is 1. The van der Waals surface area contributed by atoms with E-state index in [9.17, 15) is 4.79 Å². The van der Waals surface area contributed by atoms with E-state index in [-0.39, 0.29) is 11.9 Å². The Morgan fingerprint density at radius 2 is 2.10 bits per heavy atom. The van der Waals surface area contributed by atoms with Crippen LogP contribution in [0.2, 0.25) is 0 Å². The van der Waals surface area contributed by atoms with Crippen LogP contribution in [-0.4, -0.2) is 57.9 Å². The summed E-state index contributed by atoms with van der Waals surface area (Å²) in [5, 5.41) is 0. The second kappa shape index (κ2) is 6.60. The minimum absolute atomic E-state index is 0.0416. The molecule has 1 aliphatic heterocycles. The summed E-state index contributed by atoms with van der Waals surface area (Å²) in [7, 11) is 0. The number of carbonyl (C=O) groups excluding carboxylic acids is 1. The number of hydrogen-bond acceptors (Lipinski definition) is 4. The molecule has 20 heavy (non-hydrogen) atoms. The Labute approximate surface area is 132 Å². The number of aromatic nitrogens is 1. The molecule has 7 heteroatoms. The molecule has 1 aliphatic rings. The Bertz CT molecular complexity index is 517. The second-order valence-corrected chi connectivity index (χ2v) is 6.07. The molecule has 0 spiro atoms. The summed E-state index contributed by atoms with van der Waals surface area (Å²) in [5.41, 5.74) is 6.13. The van der Waals surface area contributed by atoms with Gasteiger partial charge in [-0.3, -0.25) is 9.69 Å². The number of halogens is 1. The smallest absolute Gasteiger partial charge is 0.273 e. The van der Waals surface area contributed by atoms with E-state index in [1.165, 1.54) is 0 Å². The van der Waals surface area contributed by atoms with Gasteiger partial charge in [0.1, 0.15) is 5.69 Å². The lowest BCUT2D eigenvalue weighted by Gasteiger charge is -2.37. The van der Waals surface area contributed by atoms with E-state index < -0.39 is 0 Å². The van der Waals surface area contributed by atoms with E-state index in [1.54, 1.807) is 12.3 Å². The highest BCUT2D eigenvalue weighted by atomic mass is 79.9. The first-order valence-electron chi connectivity index (χ1n) is 6.44. The summed E-state index contributed by atoms with van der Waals surface area (Å²) < 4.78 is 0.726. The van der Waals surface area contributed by atoms with Crippen molar-refractivity contribution in [1.82, 2.24) is 14.8 Å². The van der Waals surface area contributed by atoms with Crippen LogP contribution in [0.25, 0.3) is 0 Å². The molecular weight excluding hydrogens is 340 g/mol. The number of thiocarbonyl (C=S) groups is 1. The van der Waals surface area contributed by atoms with E-state index in [4.69, 9.17) is 18.0 Å². The van der Waals surface area contributed by atoms with Gasteiger partial charge >= 0.3 is 0 Å². The predicted molar refractivity (Wildman–Crippen MR) is 85.7 cm³/mol. The van der Waals surface area contributed by atoms with Crippen molar-refractivity contribution in [3.8, 4) is 0 Å². The quantitative estimate of drug-likeness (QED) is 0.826. The van der Waals surface area contributed by atoms with Gasteiger partial charge in [-0.2, -0.15) is 0 Å². The number of amides is 1. The third kappa shape index (κ3) is 3.34. The highest BCUT2D eigenvalue weighted by Gasteiger charge is 2.26. The van der Waals surface area contributed by atoms with Gasteiger partial charge < -0.3 is 10.6 Å². The van der Waals surface area contributed by atoms with Crippen LogP contribution in [0.15, 0.2) is 22.8 Å². The Kier molecular flexibility index (Phi) is 5.06. The summed E-state index contributed by atoms with van der Waals surface area (Å²) in [6.45, 7) is 4.86. The number of nitrogens with zero attached hydrogens (tertiary/aromatic N) is 3. The van der Waals surface area contributed by atoms with Gasteiger partial charge in [-0.25, -0.2) is 4.98 Å². The normalized spacial score (nSPS) is 17.8. The molecule has 5 nitrogen and oxygen atoms in total. The Balaban J connectivity index is 1.99. The zero-order valence-electron chi connectivity index (χ0n) is 11.3. The Morgan fingerprint density at radius 1 is 1.45 bits per heavy atom. The van der Waals surface area contributed by atoms with Crippen molar-refractivity contribution in [3.05, 3.63) is 28.5 Å². The third-order valence-electron chi connectivity index (χ3n) is 3.52. The summed E-state index contributed by atoms with van der Waals surface area (Å²) in [6, 6.07) is 3.69. The fourth-order valence-corrected chi connectivity index (χ4v) is 2.76. The highest BCUT2D eigenvalue weighted by molar-refractivity contribution is 9.10. The molecule has 108 valence electrons. The SMILES string of the molecule is CC(C(N)=S)N1CCN(C(=O)c2ncccc2Br)CC1. The maximum atomic E-state index is 12.4. The summed E-state index contributed by atoms with van der Waals surface area (Å²) in [6.07, 6.45) is 1.63. The van der Waals surface area contributed by atoms with Gasteiger partial charge in [0.05, 0.1) is 11.0 Å². The minimum Gasteiger partial charge on any atom is -0.392 e. The zero-order valence-corrected chi connectivity index (χ0v) is 13.7. The van der Waals surface area contributed by atoms with Gasteiger partial charge in [-0.15, -0.1) is 0 Å². The summed E-state index contributed by atoms with van der Waals surface area (Å²) in [5.74, 6) is -0.0416. The molecule has 1 amide bonds. The molecule has 2 heterocycles. The van der Waals surface area contributed by atoms with Crippen LogP contribution in [0.4, 0.5) is 0 Å². The highest BCUT2D eigenvalue weighted by Crippen LogP contribution is 2.17. The zero-order chi connectivity index (χ0) is 14.7. The molecule has 0 bridgehead atoms. The van der Waals surface area contributed by atoms with Crippen LogP contribution in [0.3, 0.4) is 0 Å². The van der Waals surface area contributed by atoms with Crippen molar-refractivity contribution in [1.29, 1.82) is 0 Å². The first-order chi connectivity index (χ1) is 9.50. The molecule has 0 aromatic carbocycles. The maximum absolute atomic E-state index is 12.4. The van der Waals surface area contributed by atoms with Gasteiger partial charge in [0.25, 0.3) is 5.91 Å². The third-order valence-corrected chi connectivity index (χ3v) is 4.50. The van der Waals surface area contributed by atoms with E-state index >= 15 is 0 Å². The van der Waals surface area contributed by atoms with Crippen molar-refractivity contribution >= 4 is 39.0 Å². The van der Waals surface area contributed by atoms with Crippen LogP contribution >= 0.6 is 28.1 Å². The molecule has 1 aromatic rings. The van der Waals surface area contributed by atoms with Gasteiger partial charge in [0, 0.05) is 36.8 Å². The fraction of sp³-hybridized carbons (Fsp3) is 0.462. The Morgan fingerprint density at radius 3 is 2.65 bits per heavy atom. The first kappa shape index (κ1) is 15.3. The second-order valence-electron chi connectivity index (χ2n) is 4.74. The average Bonchev–Trinajstić information content (AvgIpc) is 2.46. The van der Waals surface area contributed by atoms with Crippen LogP contribution in [0.5, 0.6) is 0 Å². The minimum atomic E-state index is -0.0416. The predicted octanol–water partition coefficient (Wildman–Crippen LogP) is 1.28. The van der Waals surface area contributed by atoms with Crippen molar-refractivity contribution in [3.63, 3.8) is 0 Å². The van der Waals surface area contributed by atoms with Gasteiger partial charge in [-0.1, -0.05) is 12.2 Å². The largest absolute Gasteiger partial charge is 0.392 e. The summed E-state index contributed by atoms with van der Waals surface area (Å²) >= 11 is 8.38. The molecule has 0 radical (unpaired) electrons. The van der Waals surface area contributed by atoms with E-state index in [2.05, 4.69) is 25.8 Å². The lowest BCUT2D eigenvalue weighted by atomic mass is 10.2. The van der Waals surface area contributed by atoms with E-state index in [0.717, 1.165) is 17.6 Å². The number of piperazine rings is 1. The monoisotopic (exact) mass is 356 g/mol. The number of rotatable bonds is 3. The lowest BCUT2D eigenvalue weighted by molar-refractivity contribution is 0.0615. The van der Waals surface area contributed by atoms with Crippen molar-refractivity contribution < 1.29 is 4.79 Å². The molecule has 0 aliphatic carbocycles. The van der Waals surface area contributed by atoms with Crippen molar-refractivity contribution in [2.75, 3.05) is 26.2 Å². The lowest BCUT2D eigenvalue weighted by Crippen LogP contribution is -2.54. The number of hydrogen-bond donors (Lipinski definition) is 1. The standard InChI is InChI=1S/C13H17BrN4OS/c1-9(12(15)20)17-5-7-18(8-6-17)13(19)11-10(14)3-2-4-16-11/h2-4,9H,5-8H2,1H3,(H2,15,20). The molecule has 1 atom stereocenters. The molecule has 1 saturated heterocycles. The van der Waals surface area contributed by atoms with Crippen LogP contribution < -0.4 is 5.73 Å². The van der Waals surface area contributed by atoms with Crippen molar-refractivity contribution in [2.24, 2.45) is 5.73 Å².